The van der Waals surface area contributed by atoms with E-state index in [1.54, 1.807) is 18.8 Å². The maximum absolute atomic E-state index is 5.27. The summed E-state index contributed by atoms with van der Waals surface area (Å²) in [5, 5.41) is 4.24. The van der Waals surface area contributed by atoms with E-state index in [4.69, 9.17) is 4.74 Å². The first kappa shape index (κ1) is 12.8. The van der Waals surface area contributed by atoms with Crippen molar-refractivity contribution in [3.8, 4) is 16.5 Å². The predicted molar refractivity (Wildman–Crippen MR) is 81.4 cm³/mol. The van der Waals surface area contributed by atoms with Gasteiger partial charge in [-0.15, -0.1) is 11.3 Å². The van der Waals surface area contributed by atoms with Crippen LogP contribution in [0.5, 0.6) is 5.75 Å². The van der Waals surface area contributed by atoms with E-state index in [-0.39, 0.29) is 0 Å². The maximum Gasteiger partial charge on any atom is 0.173 e. The first-order valence-electron chi connectivity index (χ1n) is 6.30. The van der Waals surface area contributed by atoms with Gasteiger partial charge in [0.05, 0.1) is 23.0 Å². The van der Waals surface area contributed by atoms with Gasteiger partial charge in [-0.2, -0.15) is 0 Å². The Morgan fingerprint density at radius 2 is 2.20 bits per heavy atom. The van der Waals surface area contributed by atoms with E-state index in [0.29, 0.717) is 5.82 Å². The van der Waals surface area contributed by atoms with Gasteiger partial charge in [-0.05, 0) is 25.1 Å². The second kappa shape index (κ2) is 5.42. The quantitative estimate of drug-likeness (QED) is 0.798. The van der Waals surface area contributed by atoms with Crippen LogP contribution in [0.1, 0.15) is 6.92 Å². The van der Waals surface area contributed by atoms with E-state index in [1.165, 1.54) is 11.3 Å². The Hall–Kier alpha value is -2.21. The van der Waals surface area contributed by atoms with Crippen molar-refractivity contribution in [3.05, 3.63) is 29.9 Å². The standard InChI is InChI=1S/C14H14N4OS/c1-3-16-13-10-6-9(19-2)4-5-11(10)17-14(18-13)12-7-15-8-20-12/h4-8H,3H2,1-2H3,(H,16,17,18). The van der Waals surface area contributed by atoms with Crippen molar-refractivity contribution in [3.63, 3.8) is 0 Å². The largest absolute Gasteiger partial charge is 0.497 e. The number of ether oxygens (including phenoxy) is 1. The maximum atomic E-state index is 5.27. The fourth-order valence-corrected chi connectivity index (χ4v) is 2.53. The molecule has 0 radical (unpaired) electrons. The van der Waals surface area contributed by atoms with Crippen LogP contribution in [0.25, 0.3) is 21.6 Å². The van der Waals surface area contributed by atoms with Crippen LogP contribution in [0, 0.1) is 0 Å². The van der Waals surface area contributed by atoms with Gasteiger partial charge in [-0.1, -0.05) is 0 Å². The Morgan fingerprint density at radius 1 is 1.30 bits per heavy atom. The number of nitrogens with one attached hydrogen (secondary N) is 1. The average Bonchev–Trinajstić information content (AvgIpc) is 3.01. The zero-order valence-corrected chi connectivity index (χ0v) is 12.1. The summed E-state index contributed by atoms with van der Waals surface area (Å²) in [5.41, 5.74) is 2.67. The van der Waals surface area contributed by atoms with Gasteiger partial charge in [-0.25, -0.2) is 9.97 Å². The lowest BCUT2D eigenvalue weighted by Crippen LogP contribution is -2.02. The number of aromatic nitrogens is 3. The van der Waals surface area contributed by atoms with Gasteiger partial charge in [0, 0.05) is 18.1 Å². The summed E-state index contributed by atoms with van der Waals surface area (Å²) in [7, 11) is 1.65. The third-order valence-corrected chi connectivity index (χ3v) is 3.67. The Balaban J connectivity index is 2.21. The normalized spacial score (nSPS) is 10.7. The Morgan fingerprint density at radius 3 is 2.90 bits per heavy atom. The molecule has 6 heteroatoms. The number of hydrogen-bond acceptors (Lipinski definition) is 6. The molecule has 0 saturated carbocycles. The summed E-state index contributed by atoms with van der Waals surface area (Å²) in [4.78, 5) is 14.2. The lowest BCUT2D eigenvalue weighted by Gasteiger charge is -2.09. The van der Waals surface area contributed by atoms with Crippen LogP contribution in [0.3, 0.4) is 0 Å². The fourth-order valence-electron chi connectivity index (χ4n) is 1.97. The topological polar surface area (TPSA) is 59.9 Å². The number of rotatable bonds is 4. The molecule has 1 aromatic carbocycles. The molecular weight excluding hydrogens is 272 g/mol. The molecule has 0 spiro atoms. The monoisotopic (exact) mass is 286 g/mol. The van der Waals surface area contributed by atoms with Gasteiger partial charge in [0.15, 0.2) is 5.82 Å². The van der Waals surface area contributed by atoms with Gasteiger partial charge in [0.1, 0.15) is 11.6 Å². The van der Waals surface area contributed by atoms with E-state index >= 15 is 0 Å². The van der Waals surface area contributed by atoms with Crippen molar-refractivity contribution in [1.29, 1.82) is 0 Å². The van der Waals surface area contributed by atoms with Crippen molar-refractivity contribution in [2.24, 2.45) is 0 Å². The summed E-state index contributed by atoms with van der Waals surface area (Å²) in [6.45, 7) is 2.84. The predicted octanol–water partition coefficient (Wildman–Crippen LogP) is 3.19. The summed E-state index contributed by atoms with van der Waals surface area (Å²) in [5.74, 6) is 2.31. The van der Waals surface area contributed by atoms with Crippen molar-refractivity contribution < 1.29 is 4.74 Å². The SMILES string of the molecule is CCNc1nc(-c2cncs2)nc2ccc(OC)cc12. The minimum Gasteiger partial charge on any atom is -0.497 e. The molecule has 0 saturated heterocycles. The second-order valence-electron chi connectivity index (χ2n) is 4.17. The summed E-state index contributed by atoms with van der Waals surface area (Å²) in [6.07, 6.45) is 1.78. The number of methoxy groups -OCH3 is 1. The molecule has 0 aliphatic heterocycles. The highest BCUT2D eigenvalue weighted by molar-refractivity contribution is 7.13. The average molecular weight is 286 g/mol. The highest BCUT2D eigenvalue weighted by Crippen LogP contribution is 2.29. The molecule has 5 nitrogen and oxygen atoms in total. The van der Waals surface area contributed by atoms with Gasteiger partial charge >= 0.3 is 0 Å². The fraction of sp³-hybridized carbons (Fsp3) is 0.214. The highest BCUT2D eigenvalue weighted by Gasteiger charge is 2.11. The summed E-state index contributed by atoms with van der Waals surface area (Å²) < 4.78 is 5.27. The molecule has 20 heavy (non-hydrogen) atoms. The third-order valence-electron chi connectivity index (χ3n) is 2.90. The Kier molecular flexibility index (Phi) is 3.47. The molecule has 2 heterocycles. The van der Waals surface area contributed by atoms with Crippen LogP contribution in [0.4, 0.5) is 5.82 Å². The smallest absolute Gasteiger partial charge is 0.173 e. The molecule has 0 bridgehead atoms. The molecule has 1 N–H and O–H groups in total. The zero-order chi connectivity index (χ0) is 13.9. The minimum atomic E-state index is 0.695. The van der Waals surface area contributed by atoms with E-state index in [2.05, 4.69) is 20.3 Å². The van der Waals surface area contributed by atoms with Crippen molar-refractivity contribution in [2.45, 2.75) is 6.92 Å². The van der Waals surface area contributed by atoms with Crippen molar-refractivity contribution in [2.75, 3.05) is 19.0 Å². The molecule has 0 amide bonds. The van der Waals surface area contributed by atoms with Crippen LogP contribution in [0.2, 0.25) is 0 Å². The summed E-state index contributed by atoms with van der Waals surface area (Å²) >= 11 is 1.53. The first-order chi connectivity index (χ1) is 9.81. The molecule has 3 aromatic rings. The molecule has 0 fully saturated rings. The van der Waals surface area contributed by atoms with E-state index in [9.17, 15) is 0 Å². The van der Waals surface area contributed by atoms with E-state index in [1.807, 2.05) is 25.1 Å². The molecule has 0 aliphatic carbocycles. The van der Waals surface area contributed by atoms with Crippen molar-refractivity contribution in [1.82, 2.24) is 15.0 Å². The Labute approximate surface area is 120 Å². The minimum absolute atomic E-state index is 0.695. The molecule has 3 rings (SSSR count). The molecule has 2 aromatic heterocycles. The molecule has 0 aliphatic rings. The first-order valence-corrected chi connectivity index (χ1v) is 7.18. The van der Waals surface area contributed by atoms with Crippen LogP contribution in [-0.2, 0) is 0 Å². The van der Waals surface area contributed by atoms with E-state index < -0.39 is 0 Å². The van der Waals surface area contributed by atoms with Crippen LogP contribution >= 0.6 is 11.3 Å². The zero-order valence-electron chi connectivity index (χ0n) is 11.3. The molecular formula is C14H14N4OS. The van der Waals surface area contributed by atoms with Gasteiger partial charge in [-0.3, -0.25) is 4.98 Å². The van der Waals surface area contributed by atoms with Crippen LogP contribution in [-0.4, -0.2) is 28.6 Å². The number of nitrogens with zero attached hydrogens (tertiary/aromatic N) is 3. The van der Waals surface area contributed by atoms with E-state index in [0.717, 1.165) is 33.9 Å². The van der Waals surface area contributed by atoms with Crippen molar-refractivity contribution >= 4 is 28.1 Å². The number of hydrogen-bond donors (Lipinski definition) is 1. The third kappa shape index (κ3) is 2.30. The van der Waals surface area contributed by atoms with Crippen LogP contribution in [0.15, 0.2) is 29.9 Å². The van der Waals surface area contributed by atoms with Gasteiger partial charge < -0.3 is 10.1 Å². The molecule has 0 unspecified atom stereocenters. The highest BCUT2D eigenvalue weighted by atomic mass is 32.1. The van der Waals surface area contributed by atoms with Gasteiger partial charge in [0.2, 0.25) is 0 Å². The molecule has 0 atom stereocenters. The molecule has 102 valence electrons. The number of fused-ring (bicyclic) bond motifs is 1. The lowest BCUT2D eigenvalue weighted by atomic mass is 10.2. The number of benzene rings is 1. The van der Waals surface area contributed by atoms with Gasteiger partial charge in [0.25, 0.3) is 0 Å². The second-order valence-corrected chi connectivity index (χ2v) is 5.06. The number of anilines is 1. The number of thiazole rings is 1. The van der Waals surface area contributed by atoms with Crippen LogP contribution < -0.4 is 10.1 Å². The lowest BCUT2D eigenvalue weighted by molar-refractivity contribution is 0.415. The Bertz CT molecular complexity index is 727. The summed E-state index contributed by atoms with van der Waals surface area (Å²) in [6, 6.07) is 5.80.